The molecule has 0 saturated carbocycles. The van der Waals surface area contributed by atoms with Crippen molar-refractivity contribution in [3.8, 4) is 0 Å². The molecule has 0 bridgehead atoms. The molecule has 1 heterocycles. The van der Waals surface area contributed by atoms with Gasteiger partial charge in [0.25, 0.3) is 5.91 Å². The molecule has 1 aromatic carbocycles. The molecule has 0 N–H and O–H groups in total. The number of amides is 1. The van der Waals surface area contributed by atoms with Gasteiger partial charge in [-0.25, -0.2) is 0 Å². The Balaban J connectivity index is 2.21. The molecular weight excluding hydrogens is 282 g/mol. The van der Waals surface area contributed by atoms with E-state index in [1.807, 2.05) is 30.9 Å². The van der Waals surface area contributed by atoms with E-state index in [0.29, 0.717) is 6.61 Å². The van der Waals surface area contributed by atoms with Gasteiger partial charge in [0.05, 0.1) is 0 Å². The van der Waals surface area contributed by atoms with Gasteiger partial charge in [-0.15, -0.1) is 0 Å². The number of fused-ring (bicyclic) bond motifs is 1. The lowest BCUT2D eigenvalue weighted by Crippen LogP contribution is -2.38. The van der Waals surface area contributed by atoms with E-state index in [2.05, 4.69) is 22.0 Å². The lowest BCUT2D eigenvalue weighted by molar-refractivity contribution is -0.128. The summed E-state index contributed by atoms with van der Waals surface area (Å²) in [5.74, 6) is 0.0451. The molecule has 2 rings (SSSR count). The largest absolute Gasteiger partial charge is 0.369 e. The van der Waals surface area contributed by atoms with Crippen LogP contribution in [0.25, 0.3) is 0 Å². The fourth-order valence-corrected chi connectivity index (χ4v) is 2.47. The van der Waals surface area contributed by atoms with Crippen LogP contribution in [0.3, 0.4) is 0 Å². The molecule has 0 saturated heterocycles. The minimum absolute atomic E-state index is 0.0451. The van der Waals surface area contributed by atoms with Crippen LogP contribution in [0.1, 0.15) is 19.4 Å². The number of nitrogens with zero attached hydrogens (tertiary/aromatic N) is 1. The van der Waals surface area contributed by atoms with E-state index in [4.69, 9.17) is 4.74 Å². The van der Waals surface area contributed by atoms with Gasteiger partial charge in [-0.2, -0.15) is 0 Å². The zero-order valence-corrected chi connectivity index (χ0v) is 11.7. The van der Waals surface area contributed by atoms with Crippen molar-refractivity contribution in [1.82, 2.24) is 0 Å². The Bertz CT molecular complexity index is 433. The van der Waals surface area contributed by atoms with Crippen LogP contribution in [0, 0.1) is 0 Å². The quantitative estimate of drug-likeness (QED) is 0.859. The molecule has 0 spiro atoms. The van der Waals surface area contributed by atoms with Crippen LogP contribution < -0.4 is 4.90 Å². The minimum Gasteiger partial charge on any atom is -0.369 e. The smallest absolute Gasteiger partial charge is 0.255 e. The van der Waals surface area contributed by atoms with Crippen LogP contribution in [-0.4, -0.2) is 25.2 Å². The van der Waals surface area contributed by atoms with E-state index in [0.717, 1.165) is 23.1 Å². The molecule has 4 heteroatoms. The summed E-state index contributed by atoms with van der Waals surface area (Å²) >= 11 is 3.44. The van der Waals surface area contributed by atoms with Gasteiger partial charge < -0.3 is 9.64 Å². The van der Waals surface area contributed by atoms with Gasteiger partial charge in [0.1, 0.15) is 6.10 Å². The fraction of sp³-hybridized carbons (Fsp3) is 0.462. The number of benzene rings is 1. The Hall–Kier alpha value is -0.870. The topological polar surface area (TPSA) is 29.5 Å². The molecule has 0 aromatic heterocycles. The highest BCUT2D eigenvalue weighted by atomic mass is 79.9. The molecule has 92 valence electrons. The Labute approximate surface area is 110 Å². The van der Waals surface area contributed by atoms with Gasteiger partial charge >= 0.3 is 0 Å². The maximum atomic E-state index is 12.2. The molecule has 3 nitrogen and oxygen atoms in total. The number of hydrogen-bond acceptors (Lipinski definition) is 2. The minimum atomic E-state index is -0.370. The highest BCUT2D eigenvalue weighted by Crippen LogP contribution is 2.31. The molecule has 1 aliphatic heterocycles. The van der Waals surface area contributed by atoms with E-state index in [9.17, 15) is 4.79 Å². The fourth-order valence-electron chi connectivity index (χ4n) is 2.12. The zero-order chi connectivity index (χ0) is 12.4. The second kappa shape index (κ2) is 5.19. The lowest BCUT2D eigenvalue weighted by Gasteiger charge is -2.21. The normalized spacial score (nSPS) is 15.8. The Morgan fingerprint density at radius 2 is 2.35 bits per heavy atom. The number of ether oxygens (including phenoxy) is 1. The summed E-state index contributed by atoms with van der Waals surface area (Å²) < 4.78 is 6.36. The van der Waals surface area contributed by atoms with Crippen LogP contribution >= 0.6 is 15.9 Å². The maximum absolute atomic E-state index is 12.2. The van der Waals surface area contributed by atoms with Crippen molar-refractivity contribution in [2.75, 3.05) is 18.1 Å². The first-order valence-corrected chi connectivity index (χ1v) is 6.64. The molecule has 0 radical (unpaired) electrons. The average Bonchev–Trinajstić information content (AvgIpc) is 2.71. The molecule has 0 aliphatic carbocycles. The van der Waals surface area contributed by atoms with E-state index < -0.39 is 0 Å². The number of halogens is 1. The van der Waals surface area contributed by atoms with Gasteiger partial charge in [-0.3, -0.25) is 4.79 Å². The predicted octanol–water partition coefficient (Wildman–Crippen LogP) is 2.76. The van der Waals surface area contributed by atoms with Crippen molar-refractivity contribution < 1.29 is 9.53 Å². The molecule has 1 atom stereocenters. The second-order valence-electron chi connectivity index (χ2n) is 4.11. The number of carbonyl (C=O) groups is 1. The molecule has 17 heavy (non-hydrogen) atoms. The highest BCUT2D eigenvalue weighted by molar-refractivity contribution is 9.10. The Morgan fingerprint density at radius 1 is 1.59 bits per heavy atom. The Morgan fingerprint density at radius 3 is 3.06 bits per heavy atom. The zero-order valence-electron chi connectivity index (χ0n) is 10.1. The third kappa shape index (κ3) is 2.53. The molecule has 1 aromatic rings. The molecule has 1 aliphatic rings. The summed E-state index contributed by atoms with van der Waals surface area (Å²) in [4.78, 5) is 14.0. The number of hydrogen-bond donors (Lipinski definition) is 0. The summed E-state index contributed by atoms with van der Waals surface area (Å²) in [6, 6.07) is 6.08. The average molecular weight is 298 g/mol. The van der Waals surface area contributed by atoms with Crippen molar-refractivity contribution in [2.45, 2.75) is 26.4 Å². The number of anilines is 1. The monoisotopic (exact) mass is 297 g/mol. The first kappa shape index (κ1) is 12.6. The van der Waals surface area contributed by atoms with E-state index in [1.165, 1.54) is 5.56 Å². The van der Waals surface area contributed by atoms with E-state index >= 15 is 0 Å². The first-order valence-electron chi connectivity index (χ1n) is 5.85. The highest BCUT2D eigenvalue weighted by Gasteiger charge is 2.28. The van der Waals surface area contributed by atoms with Gasteiger partial charge in [0, 0.05) is 23.3 Å². The second-order valence-corrected chi connectivity index (χ2v) is 5.03. The lowest BCUT2D eigenvalue weighted by atomic mass is 10.2. The van der Waals surface area contributed by atoms with Crippen molar-refractivity contribution >= 4 is 27.5 Å². The van der Waals surface area contributed by atoms with Crippen LogP contribution in [0.15, 0.2) is 22.7 Å². The van der Waals surface area contributed by atoms with Crippen molar-refractivity contribution in [3.63, 3.8) is 0 Å². The summed E-state index contributed by atoms with van der Waals surface area (Å²) in [5, 5.41) is 0. The van der Waals surface area contributed by atoms with Crippen molar-refractivity contribution in [2.24, 2.45) is 0 Å². The first-order chi connectivity index (χ1) is 8.13. The summed E-state index contributed by atoms with van der Waals surface area (Å²) in [6.45, 7) is 5.02. The third-order valence-corrected chi connectivity index (χ3v) is 3.47. The van der Waals surface area contributed by atoms with Crippen LogP contribution in [0.4, 0.5) is 5.69 Å². The number of carbonyl (C=O) groups excluding carboxylic acids is 1. The Kier molecular flexibility index (Phi) is 3.84. The summed E-state index contributed by atoms with van der Waals surface area (Å²) in [7, 11) is 0. The predicted molar refractivity (Wildman–Crippen MR) is 71.3 cm³/mol. The van der Waals surface area contributed by atoms with Crippen LogP contribution in [-0.2, 0) is 16.0 Å². The van der Waals surface area contributed by atoms with Gasteiger partial charge in [0.15, 0.2) is 0 Å². The van der Waals surface area contributed by atoms with Gasteiger partial charge in [-0.1, -0.05) is 22.0 Å². The summed E-state index contributed by atoms with van der Waals surface area (Å²) in [5.41, 5.74) is 2.24. The number of rotatable bonds is 3. The molecule has 1 amide bonds. The molecule has 0 unspecified atom stereocenters. The van der Waals surface area contributed by atoms with Crippen molar-refractivity contribution in [3.05, 3.63) is 28.2 Å². The van der Waals surface area contributed by atoms with E-state index in [-0.39, 0.29) is 12.0 Å². The van der Waals surface area contributed by atoms with Gasteiger partial charge in [-0.05, 0) is 38.0 Å². The van der Waals surface area contributed by atoms with Crippen LogP contribution in [0.2, 0.25) is 0 Å². The SMILES string of the molecule is CCO[C@@H](C)C(=O)N1CCc2ccc(Br)cc21. The summed E-state index contributed by atoms with van der Waals surface area (Å²) in [6.07, 6.45) is 0.553. The maximum Gasteiger partial charge on any atom is 0.255 e. The van der Waals surface area contributed by atoms with Crippen LogP contribution in [0.5, 0.6) is 0 Å². The molecular formula is C13H16BrNO2. The van der Waals surface area contributed by atoms with Crippen molar-refractivity contribution in [1.29, 1.82) is 0 Å². The standard InChI is InChI=1S/C13H16BrNO2/c1-3-17-9(2)13(16)15-7-6-10-4-5-11(14)8-12(10)15/h4-5,8-9H,3,6-7H2,1-2H3/t9-/m0/s1. The van der Waals surface area contributed by atoms with Gasteiger partial charge in [0.2, 0.25) is 0 Å². The van der Waals surface area contributed by atoms with E-state index in [1.54, 1.807) is 0 Å². The third-order valence-electron chi connectivity index (χ3n) is 2.97. The molecule has 0 fully saturated rings.